The molecule has 2 unspecified atom stereocenters. The largest absolute Gasteiger partial charge is 0.481 e. The Morgan fingerprint density at radius 1 is 1.14 bits per heavy atom. The number of aliphatic carboxylic acids is 1. The molecule has 206 valence electrons. The summed E-state index contributed by atoms with van der Waals surface area (Å²) in [5.41, 5.74) is 0. The van der Waals surface area contributed by atoms with E-state index in [1.807, 2.05) is 19.1 Å². The molecule has 2 heterocycles. The van der Waals surface area contributed by atoms with E-state index in [4.69, 9.17) is 24.1 Å². The van der Waals surface area contributed by atoms with E-state index in [0.717, 1.165) is 58.0 Å². The molecule has 37 heavy (non-hydrogen) atoms. The van der Waals surface area contributed by atoms with Crippen molar-refractivity contribution in [3.05, 3.63) is 24.3 Å². The van der Waals surface area contributed by atoms with Crippen LogP contribution >= 0.6 is 0 Å². The van der Waals surface area contributed by atoms with Crippen LogP contribution in [0.25, 0.3) is 0 Å². The fourth-order valence-electron chi connectivity index (χ4n) is 5.20. The molecular weight excluding hydrogens is 472 g/mol. The van der Waals surface area contributed by atoms with Gasteiger partial charge in [-0.3, -0.25) is 9.59 Å². The number of ether oxygens (including phenoxy) is 4. The fourth-order valence-corrected chi connectivity index (χ4v) is 5.20. The second-order valence-corrected chi connectivity index (χ2v) is 10.1. The van der Waals surface area contributed by atoms with Crippen LogP contribution in [-0.4, -0.2) is 54.9 Å². The maximum absolute atomic E-state index is 13.1. The zero-order valence-electron chi connectivity index (χ0n) is 22.3. The minimum Gasteiger partial charge on any atom is -0.481 e. The van der Waals surface area contributed by atoms with E-state index in [1.54, 1.807) is 0 Å². The van der Waals surface area contributed by atoms with E-state index >= 15 is 0 Å². The lowest BCUT2D eigenvalue weighted by Gasteiger charge is -2.29. The lowest BCUT2D eigenvalue weighted by molar-refractivity contribution is -0.192. The van der Waals surface area contributed by atoms with Crippen LogP contribution in [0.1, 0.15) is 90.4 Å². The molecular formula is C30H44O7. The summed E-state index contributed by atoms with van der Waals surface area (Å²) < 4.78 is 24.3. The summed E-state index contributed by atoms with van der Waals surface area (Å²) in [5.74, 6) is 5.25. The third-order valence-corrected chi connectivity index (χ3v) is 7.24. The van der Waals surface area contributed by atoms with Gasteiger partial charge in [0.25, 0.3) is 0 Å². The Morgan fingerprint density at radius 2 is 1.89 bits per heavy atom. The van der Waals surface area contributed by atoms with E-state index < -0.39 is 5.97 Å². The predicted molar refractivity (Wildman–Crippen MR) is 141 cm³/mol. The van der Waals surface area contributed by atoms with Gasteiger partial charge < -0.3 is 24.1 Å². The number of hydrogen-bond acceptors (Lipinski definition) is 6. The van der Waals surface area contributed by atoms with Crippen LogP contribution < -0.4 is 0 Å². The van der Waals surface area contributed by atoms with Gasteiger partial charge in [0, 0.05) is 44.3 Å². The summed E-state index contributed by atoms with van der Waals surface area (Å²) in [7, 11) is 0. The second-order valence-electron chi connectivity index (χ2n) is 10.1. The Balaban J connectivity index is 1.68. The van der Waals surface area contributed by atoms with Crippen molar-refractivity contribution in [1.29, 1.82) is 0 Å². The van der Waals surface area contributed by atoms with E-state index in [2.05, 4.69) is 24.0 Å². The normalized spacial score (nSPS) is 29.4. The van der Waals surface area contributed by atoms with E-state index in [1.165, 1.54) is 0 Å². The minimum absolute atomic E-state index is 0.0719. The lowest BCUT2D eigenvalue weighted by Crippen LogP contribution is -2.31. The number of hydrogen-bond donors (Lipinski definition) is 1. The third kappa shape index (κ3) is 10.7. The molecule has 0 radical (unpaired) electrons. The van der Waals surface area contributed by atoms with Crippen molar-refractivity contribution in [2.24, 2.45) is 11.8 Å². The third-order valence-electron chi connectivity index (χ3n) is 7.24. The fraction of sp³-hybridized carbons (Fsp3) is 0.733. The topological polar surface area (TPSA) is 91.3 Å². The molecule has 0 bridgehead atoms. The van der Waals surface area contributed by atoms with Crippen LogP contribution in [0.15, 0.2) is 24.3 Å². The van der Waals surface area contributed by atoms with Crippen molar-refractivity contribution >= 4 is 11.8 Å². The number of unbranched alkanes of at least 4 members (excludes halogenated alkanes) is 1. The van der Waals surface area contributed by atoms with Gasteiger partial charge in [0.1, 0.15) is 5.78 Å². The molecule has 3 fully saturated rings. The molecule has 0 aromatic carbocycles. The van der Waals surface area contributed by atoms with Gasteiger partial charge in [0.2, 0.25) is 0 Å². The molecule has 3 rings (SSSR count). The van der Waals surface area contributed by atoms with Gasteiger partial charge >= 0.3 is 5.97 Å². The first-order chi connectivity index (χ1) is 18.1. The molecule has 2 aliphatic heterocycles. The first kappa shape index (κ1) is 29.6. The van der Waals surface area contributed by atoms with Crippen molar-refractivity contribution in [3.8, 4) is 11.8 Å². The Bertz CT molecular complexity index is 812. The maximum atomic E-state index is 13.1. The quantitative estimate of drug-likeness (QED) is 0.183. The van der Waals surface area contributed by atoms with E-state index in [0.29, 0.717) is 32.3 Å². The predicted octanol–water partition coefficient (Wildman–Crippen LogP) is 5.58. The highest BCUT2D eigenvalue weighted by Gasteiger charge is 2.42. The monoisotopic (exact) mass is 516 g/mol. The first-order valence-corrected chi connectivity index (χ1v) is 14.1. The van der Waals surface area contributed by atoms with Crippen LogP contribution in [0.4, 0.5) is 0 Å². The maximum Gasteiger partial charge on any atom is 0.303 e. The number of carboxylic acids is 1. The molecule has 0 amide bonds. The Morgan fingerprint density at radius 3 is 2.57 bits per heavy atom. The highest BCUT2D eigenvalue weighted by Crippen LogP contribution is 2.37. The molecule has 0 aromatic heterocycles. The van der Waals surface area contributed by atoms with Crippen molar-refractivity contribution in [2.75, 3.05) is 13.2 Å². The molecule has 0 spiro atoms. The highest BCUT2D eigenvalue weighted by atomic mass is 16.7. The summed E-state index contributed by atoms with van der Waals surface area (Å²) in [6, 6.07) is 0. The first-order valence-electron chi connectivity index (χ1n) is 14.1. The van der Waals surface area contributed by atoms with E-state index in [9.17, 15) is 9.59 Å². The summed E-state index contributed by atoms with van der Waals surface area (Å²) in [4.78, 5) is 23.8. The average Bonchev–Trinajstić information content (AvgIpc) is 3.19. The minimum atomic E-state index is -0.783. The van der Waals surface area contributed by atoms with Crippen molar-refractivity contribution in [2.45, 2.75) is 115 Å². The zero-order valence-corrected chi connectivity index (χ0v) is 22.3. The van der Waals surface area contributed by atoms with E-state index in [-0.39, 0.29) is 48.8 Å². The summed E-state index contributed by atoms with van der Waals surface area (Å²) >= 11 is 0. The molecule has 3 aliphatic rings. The SMILES string of the molecule is CC#CCC[C@@H](C=C[C@H]1[C@H](OC2CCCCO2)CC(=O)[C@@H]1CC=CCCCC(=O)O)OC1CCCCO1. The van der Waals surface area contributed by atoms with Gasteiger partial charge in [-0.2, -0.15) is 0 Å². The molecule has 7 nitrogen and oxygen atoms in total. The van der Waals surface area contributed by atoms with Gasteiger partial charge in [-0.25, -0.2) is 0 Å². The highest BCUT2D eigenvalue weighted by molar-refractivity contribution is 5.85. The second kappa shape index (κ2) is 16.8. The summed E-state index contributed by atoms with van der Waals surface area (Å²) in [5, 5.41) is 8.83. The standard InChI is InChI=1S/C30H44O7/c1-2-3-6-13-23(36-29-16-9-11-20-34-29)18-19-25-24(14-7-4-5-8-15-28(32)33)26(31)22-27(25)37-30-17-10-12-21-35-30/h4,7,18-19,23-25,27,29-30H,5-6,8-17,20-22H2,1H3,(H,32,33)/t23-,24+,25+,27+,29?,30?/m0/s1. The number of carboxylic acid groups (broad SMARTS) is 1. The van der Waals surface area contributed by atoms with Crippen LogP contribution in [0.2, 0.25) is 0 Å². The van der Waals surface area contributed by atoms with Crippen LogP contribution in [0, 0.1) is 23.7 Å². The Labute approximate surface area is 221 Å². The summed E-state index contributed by atoms with van der Waals surface area (Å²) in [6.07, 6.45) is 17.4. The lowest BCUT2D eigenvalue weighted by atomic mass is 9.90. The van der Waals surface area contributed by atoms with Crippen molar-refractivity contribution in [3.63, 3.8) is 0 Å². The van der Waals surface area contributed by atoms with Crippen molar-refractivity contribution in [1.82, 2.24) is 0 Å². The molecule has 1 N–H and O–H groups in total. The van der Waals surface area contributed by atoms with Crippen LogP contribution in [0.3, 0.4) is 0 Å². The van der Waals surface area contributed by atoms with Gasteiger partial charge in [0.05, 0.1) is 12.2 Å². The van der Waals surface area contributed by atoms with Gasteiger partial charge in [-0.05, 0) is 71.1 Å². The number of rotatable bonds is 14. The van der Waals surface area contributed by atoms with Gasteiger partial charge in [-0.15, -0.1) is 11.8 Å². The number of ketones is 1. The smallest absolute Gasteiger partial charge is 0.303 e. The Kier molecular flexibility index (Phi) is 13.4. The molecule has 1 aliphatic carbocycles. The van der Waals surface area contributed by atoms with Gasteiger partial charge in [-0.1, -0.05) is 24.3 Å². The molecule has 1 saturated carbocycles. The summed E-state index contributed by atoms with van der Waals surface area (Å²) in [6.45, 7) is 3.27. The molecule has 7 heteroatoms. The van der Waals surface area contributed by atoms with Crippen LogP contribution in [0.5, 0.6) is 0 Å². The van der Waals surface area contributed by atoms with Crippen LogP contribution in [-0.2, 0) is 28.5 Å². The number of allylic oxidation sites excluding steroid dienone is 2. The molecule has 2 saturated heterocycles. The average molecular weight is 517 g/mol. The Hall–Kier alpha value is -1.98. The molecule has 6 atom stereocenters. The number of Topliss-reactive ketones (excluding diaryl/α,β-unsaturated/α-hetero) is 1. The molecule has 0 aromatic rings. The number of carbonyl (C=O) groups excluding carboxylic acids is 1. The zero-order chi connectivity index (χ0) is 26.3. The van der Waals surface area contributed by atoms with Gasteiger partial charge in [0.15, 0.2) is 12.6 Å². The number of carbonyl (C=O) groups is 2. The van der Waals surface area contributed by atoms with Crippen molar-refractivity contribution < 1.29 is 33.6 Å².